The number of carbonyl (C=O) groups excluding carboxylic acids is 1. The number of aromatic amines is 1. The molecule has 0 aliphatic carbocycles. The molecule has 2 aromatic heterocycles. The van der Waals surface area contributed by atoms with Crippen LogP contribution in [0.15, 0.2) is 117 Å². The number of thioether (sulfide) groups is 1. The SMILES string of the molecule is CCOC(=O)C1=C(c2ccccc2)N=c2s/c(=C\c3c(-c4ccccc4)[nH]c4c(C)cc(C)cc34)c(=O)n2[C@@H]1c1ccc(SC)cc1. The van der Waals surface area contributed by atoms with Crippen molar-refractivity contribution in [2.75, 3.05) is 12.9 Å². The lowest BCUT2D eigenvalue weighted by Crippen LogP contribution is -2.40. The number of hydrogen-bond donors (Lipinski definition) is 1. The van der Waals surface area contributed by atoms with Crippen molar-refractivity contribution in [3.05, 3.63) is 150 Å². The van der Waals surface area contributed by atoms with Crippen LogP contribution in [0, 0.1) is 13.8 Å². The number of rotatable bonds is 7. The molecule has 234 valence electrons. The van der Waals surface area contributed by atoms with E-state index in [-0.39, 0.29) is 12.2 Å². The molecule has 1 aliphatic rings. The largest absolute Gasteiger partial charge is 0.463 e. The maximum Gasteiger partial charge on any atom is 0.338 e. The zero-order valence-corrected chi connectivity index (χ0v) is 28.2. The van der Waals surface area contributed by atoms with Gasteiger partial charge in [0.2, 0.25) is 0 Å². The minimum absolute atomic E-state index is 0.203. The Morgan fingerprint density at radius 2 is 1.66 bits per heavy atom. The van der Waals surface area contributed by atoms with Crippen LogP contribution in [0.4, 0.5) is 0 Å². The van der Waals surface area contributed by atoms with Gasteiger partial charge in [-0.05, 0) is 68.0 Å². The molecule has 0 amide bonds. The molecule has 0 unspecified atom stereocenters. The van der Waals surface area contributed by atoms with Gasteiger partial charge < -0.3 is 9.72 Å². The molecular weight excluding hydrogens is 623 g/mol. The van der Waals surface area contributed by atoms with Crippen LogP contribution in [0.25, 0.3) is 33.9 Å². The topological polar surface area (TPSA) is 76.4 Å². The Morgan fingerprint density at radius 3 is 2.32 bits per heavy atom. The number of nitrogens with zero attached hydrogens (tertiary/aromatic N) is 2. The van der Waals surface area contributed by atoms with Crippen molar-refractivity contribution in [2.45, 2.75) is 31.7 Å². The van der Waals surface area contributed by atoms with Gasteiger partial charge in [-0.1, -0.05) is 95.8 Å². The van der Waals surface area contributed by atoms with Crippen LogP contribution in [0.1, 0.15) is 40.8 Å². The van der Waals surface area contributed by atoms with E-state index in [1.165, 1.54) is 11.3 Å². The van der Waals surface area contributed by atoms with E-state index in [0.717, 1.165) is 54.9 Å². The molecule has 3 heterocycles. The minimum atomic E-state index is -0.723. The van der Waals surface area contributed by atoms with Crippen molar-refractivity contribution >= 4 is 51.7 Å². The Labute approximate surface area is 280 Å². The quantitative estimate of drug-likeness (QED) is 0.144. The number of benzene rings is 4. The first-order valence-electron chi connectivity index (χ1n) is 15.5. The zero-order valence-electron chi connectivity index (χ0n) is 26.5. The number of H-pyrrole nitrogens is 1. The number of carbonyl (C=O) groups is 1. The fraction of sp³-hybridized carbons (Fsp3) is 0.154. The smallest absolute Gasteiger partial charge is 0.338 e. The van der Waals surface area contributed by atoms with Gasteiger partial charge in [0.05, 0.1) is 34.1 Å². The maximum atomic E-state index is 14.6. The van der Waals surface area contributed by atoms with E-state index in [9.17, 15) is 9.59 Å². The molecule has 4 aromatic carbocycles. The lowest BCUT2D eigenvalue weighted by molar-refractivity contribution is -0.138. The van der Waals surface area contributed by atoms with E-state index < -0.39 is 12.0 Å². The molecular formula is C39H33N3O3S2. The first-order valence-corrected chi connectivity index (χ1v) is 17.5. The summed E-state index contributed by atoms with van der Waals surface area (Å²) < 4.78 is 7.82. The van der Waals surface area contributed by atoms with Crippen LogP contribution in [-0.4, -0.2) is 28.4 Å². The van der Waals surface area contributed by atoms with Gasteiger partial charge in [0.15, 0.2) is 4.80 Å². The number of fused-ring (bicyclic) bond motifs is 2. The van der Waals surface area contributed by atoms with Gasteiger partial charge in [-0.3, -0.25) is 9.36 Å². The summed E-state index contributed by atoms with van der Waals surface area (Å²) in [6.07, 6.45) is 4.00. The van der Waals surface area contributed by atoms with Crippen LogP contribution in [0.3, 0.4) is 0 Å². The zero-order chi connectivity index (χ0) is 32.7. The molecule has 0 bridgehead atoms. The fourth-order valence-electron chi connectivity index (χ4n) is 6.33. The van der Waals surface area contributed by atoms with Crippen LogP contribution in [0.5, 0.6) is 0 Å². The molecule has 0 saturated carbocycles. The molecule has 1 aliphatic heterocycles. The molecule has 6 nitrogen and oxygen atoms in total. The molecule has 7 rings (SSSR count). The van der Waals surface area contributed by atoms with Gasteiger partial charge in [-0.15, -0.1) is 11.8 Å². The number of aromatic nitrogens is 2. The van der Waals surface area contributed by atoms with E-state index in [1.54, 1.807) is 23.3 Å². The summed E-state index contributed by atoms with van der Waals surface area (Å²) in [6.45, 7) is 6.17. The van der Waals surface area contributed by atoms with E-state index in [2.05, 4.69) is 43.1 Å². The highest BCUT2D eigenvalue weighted by Crippen LogP contribution is 2.36. The van der Waals surface area contributed by atoms with Crippen molar-refractivity contribution in [1.29, 1.82) is 0 Å². The summed E-state index contributed by atoms with van der Waals surface area (Å²) in [4.78, 5) is 38.7. The molecule has 0 saturated heterocycles. The Bertz CT molecular complexity index is 2350. The average Bonchev–Trinajstić information content (AvgIpc) is 3.61. The Kier molecular flexibility index (Phi) is 8.30. The van der Waals surface area contributed by atoms with Crippen molar-refractivity contribution in [3.8, 4) is 11.3 Å². The third-order valence-electron chi connectivity index (χ3n) is 8.43. The Balaban J connectivity index is 1.54. The average molecular weight is 656 g/mol. The van der Waals surface area contributed by atoms with Gasteiger partial charge in [-0.2, -0.15) is 0 Å². The molecule has 8 heteroatoms. The molecule has 0 fully saturated rings. The number of hydrogen-bond acceptors (Lipinski definition) is 6. The summed E-state index contributed by atoms with van der Waals surface area (Å²) in [7, 11) is 0. The van der Waals surface area contributed by atoms with Crippen molar-refractivity contribution in [1.82, 2.24) is 9.55 Å². The first-order chi connectivity index (χ1) is 22.9. The highest BCUT2D eigenvalue weighted by atomic mass is 32.2. The first kappa shape index (κ1) is 30.7. The predicted octanol–water partition coefficient (Wildman–Crippen LogP) is 7.42. The third kappa shape index (κ3) is 5.58. The summed E-state index contributed by atoms with van der Waals surface area (Å²) in [6, 6.07) is 31.4. The highest BCUT2D eigenvalue weighted by Gasteiger charge is 2.35. The van der Waals surface area contributed by atoms with Gasteiger partial charge >= 0.3 is 5.97 Å². The monoisotopic (exact) mass is 655 g/mol. The van der Waals surface area contributed by atoms with Crippen LogP contribution < -0.4 is 14.9 Å². The van der Waals surface area contributed by atoms with Crippen LogP contribution >= 0.6 is 23.1 Å². The second-order valence-electron chi connectivity index (χ2n) is 11.5. The van der Waals surface area contributed by atoms with Gasteiger partial charge in [0.25, 0.3) is 5.56 Å². The highest BCUT2D eigenvalue weighted by molar-refractivity contribution is 7.98. The van der Waals surface area contributed by atoms with Crippen molar-refractivity contribution in [2.24, 2.45) is 4.99 Å². The lowest BCUT2D eigenvalue weighted by atomic mass is 9.93. The van der Waals surface area contributed by atoms with Gasteiger partial charge in [0.1, 0.15) is 0 Å². The van der Waals surface area contributed by atoms with Crippen molar-refractivity contribution in [3.63, 3.8) is 0 Å². The second kappa shape index (κ2) is 12.7. The molecule has 6 aromatic rings. The second-order valence-corrected chi connectivity index (χ2v) is 13.4. The number of aryl methyl sites for hydroxylation is 2. The van der Waals surface area contributed by atoms with Gasteiger partial charge in [0, 0.05) is 26.9 Å². The van der Waals surface area contributed by atoms with E-state index in [1.807, 2.05) is 85.1 Å². The molecule has 0 spiro atoms. The summed E-state index contributed by atoms with van der Waals surface area (Å²) in [5.74, 6) is -0.489. The normalized spacial score (nSPS) is 14.7. The maximum absolute atomic E-state index is 14.6. The Morgan fingerprint density at radius 1 is 0.979 bits per heavy atom. The number of nitrogens with one attached hydrogen (secondary N) is 1. The predicted molar refractivity (Wildman–Crippen MR) is 192 cm³/mol. The van der Waals surface area contributed by atoms with E-state index in [4.69, 9.17) is 9.73 Å². The molecule has 47 heavy (non-hydrogen) atoms. The lowest BCUT2D eigenvalue weighted by Gasteiger charge is -2.26. The van der Waals surface area contributed by atoms with Crippen LogP contribution in [0.2, 0.25) is 0 Å². The van der Waals surface area contributed by atoms with Crippen molar-refractivity contribution < 1.29 is 9.53 Å². The number of esters is 1. The summed E-state index contributed by atoms with van der Waals surface area (Å²) in [5.41, 5.74) is 8.48. The number of ether oxygens (including phenoxy) is 1. The van der Waals surface area contributed by atoms with Gasteiger partial charge in [-0.25, -0.2) is 9.79 Å². The summed E-state index contributed by atoms with van der Waals surface area (Å²) in [5, 5.41) is 1.05. The standard InChI is InChI=1S/C39H33N3O3S2/c1-5-45-38(44)32-35(26-14-10-7-11-15-26)41-39-42(36(32)27-16-18-28(46-4)19-17-27)37(43)31(47-39)22-30-29-21-23(2)20-24(3)33(29)40-34(30)25-12-8-6-9-13-25/h6-22,36,40H,5H2,1-4H3/b31-22-/t36-/m1/s1. The molecule has 1 atom stereocenters. The Hall–Kier alpha value is -4.92. The van der Waals surface area contributed by atoms with E-state index >= 15 is 0 Å². The summed E-state index contributed by atoms with van der Waals surface area (Å²) >= 11 is 2.97. The number of thiazole rings is 1. The fourth-order valence-corrected chi connectivity index (χ4v) is 7.72. The minimum Gasteiger partial charge on any atom is -0.463 e. The molecule has 1 N–H and O–H groups in total. The van der Waals surface area contributed by atoms with Crippen LogP contribution in [-0.2, 0) is 9.53 Å². The molecule has 0 radical (unpaired) electrons. The third-order valence-corrected chi connectivity index (χ3v) is 10.2. The van der Waals surface area contributed by atoms with E-state index in [0.29, 0.717) is 20.6 Å².